The lowest BCUT2D eigenvalue weighted by atomic mass is 10.1. The van der Waals surface area contributed by atoms with Gasteiger partial charge in [0.05, 0.1) is 11.5 Å². The molecule has 130 valence electrons. The van der Waals surface area contributed by atoms with Crippen molar-refractivity contribution in [1.82, 2.24) is 15.5 Å². The number of unbranched alkanes of at least 4 members (excludes halogenated alkanes) is 3. The molecule has 1 aromatic heterocycles. The maximum absolute atomic E-state index is 10.4. The Kier molecular flexibility index (Phi) is 8.82. The molecule has 0 bridgehead atoms. The minimum Gasteiger partial charge on any atom is -0.465 e. The Morgan fingerprint density at radius 2 is 1.96 bits per heavy atom. The van der Waals surface area contributed by atoms with Crippen LogP contribution in [0.5, 0.6) is 0 Å². The van der Waals surface area contributed by atoms with Crippen LogP contribution in [0.25, 0.3) is 0 Å². The van der Waals surface area contributed by atoms with Crippen LogP contribution in [-0.4, -0.2) is 37.5 Å². The average molecular weight is 324 g/mol. The quantitative estimate of drug-likeness (QED) is 0.349. The van der Waals surface area contributed by atoms with Gasteiger partial charge in [0.1, 0.15) is 11.5 Å². The number of nitrogens with one attached hydrogen (secondary N) is 2. The van der Waals surface area contributed by atoms with Gasteiger partial charge in [-0.05, 0) is 39.1 Å². The lowest BCUT2D eigenvalue weighted by Gasteiger charge is -2.07. The SMILES string of the molecule is CN/C(=C/[N+](=O)[O-])NCCCCCCc1ccc(CN(C)C)o1. The zero-order chi connectivity index (χ0) is 17.1. The molecule has 1 rings (SSSR count). The Labute approximate surface area is 137 Å². The number of hydrogen-bond acceptors (Lipinski definition) is 6. The van der Waals surface area contributed by atoms with Gasteiger partial charge in [-0.25, -0.2) is 0 Å². The smallest absolute Gasteiger partial charge is 0.274 e. The molecule has 0 amide bonds. The van der Waals surface area contributed by atoms with E-state index in [1.54, 1.807) is 7.05 Å². The van der Waals surface area contributed by atoms with Crippen LogP contribution in [0.3, 0.4) is 0 Å². The summed E-state index contributed by atoms with van der Waals surface area (Å²) in [7, 11) is 5.71. The fraction of sp³-hybridized carbons (Fsp3) is 0.625. The molecule has 7 heteroatoms. The molecular weight excluding hydrogens is 296 g/mol. The zero-order valence-electron chi connectivity index (χ0n) is 14.3. The highest BCUT2D eigenvalue weighted by Gasteiger charge is 2.03. The molecule has 1 aromatic rings. The van der Waals surface area contributed by atoms with Gasteiger partial charge in [-0.15, -0.1) is 0 Å². The van der Waals surface area contributed by atoms with Crippen molar-refractivity contribution in [1.29, 1.82) is 0 Å². The van der Waals surface area contributed by atoms with Crippen molar-refractivity contribution in [2.45, 2.75) is 38.6 Å². The summed E-state index contributed by atoms with van der Waals surface area (Å²) < 4.78 is 5.77. The maximum atomic E-state index is 10.4. The summed E-state index contributed by atoms with van der Waals surface area (Å²) in [6.45, 7) is 1.56. The van der Waals surface area contributed by atoms with E-state index in [-0.39, 0.29) is 0 Å². The summed E-state index contributed by atoms with van der Waals surface area (Å²) in [6, 6.07) is 4.10. The molecule has 0 atom stereocenters. The van der Waals surface area contributed by atoms with Gasteiger partial charge >= 0.3 is 0 Å². The van der Waals surface area contributed by atoms with Gasteiger partial charge in [0.15, 0.2) is 5.82 Å². The molecule has 0 fully saturated rings. The third-order valence-electron chi connectivity index (χ3n) is 3.36. The number of nitrogens with zero attached hydrogens (tertiary/aromatic N) is 2. The van der Waals surface area contributed by atoms with Gasteiger partial charge in [0, 0.05) is 20.0 Å². The molecule has 0 saturated heterocycles. The minimum absolute atomic E-state index is 0.444. The molecule has 2 N–H and O–H groups in total. The molecule has 0 unspecified atom stereocenters. The van der Waals surface area contributed by atoms with Crippen molar-refractivity contribution in [3.63, 3.8) is 0 Å². The maximum Gasteiger partial charge on any atom is 0.274 e. The second kappa shape index (κ2) is 10.7. The van der Waals surface area contributed by atoms with E-state index in [0.717, 1.165) is 62.9 Å². The highest BCUT2D eigenvalue weighted by atomic mass is 16.6. The normalized spacial score (nSPS) is 11.7. The Bertz CT molecular complexity index is 497. The van der Waals surface area contributed by atoms with E-state index in [1.807, 2.05) is 20.2 Å². The average Bonchev–Trinajstić information content (AvgIpc) is 2.91. The van der Waals surface area contributed by atoms with Crippen molar-refractivity contribution in [3.05, 3.63) is 45.8 Å². The van der Waals surface area contributed by atoms with E-state index in [1.165, 1.54) is 0 Å². The van der Waals surface area contributed by atoms with E-state index in [9.17, 15) is 10.1 Å². The van der Waals surface area contributed by atoms with Gasteiger partial charge in [-0.2, -0.15) is 0 Å². The fourth-order valence-corrected chi connectivity index (χ4v) is 2.26. The van der Waals surface area contributed by atoms with E-state index < -0.39 is 4.92 Å². The lowest BCUT2D eigenvalue weighted by molar-refractivity contribution is -0.404. The minimum atomic E-state index is -0.466. The molecule has 0 aromatic carbocycles. The predicted molar refractivity (Wildman–Crippen MR) is 90.4 cm³/mol. The first-order valence-corrected chi connectivity index (χ1v) is 8.00. The molecule has 0 aliphatic carbocycles. The van der Waals surface area contributed by atoms with E-state index >= 15 is 0 Å². The van der Waals surface area contributed by atoms with Crippen LogP contribution < -0.4 is 10.6 Å². The lowest BCUT2D eigenvalue weighted by Crippen LogP contribution is -2.25. The Balaban J connectivity index is 2.09. The molecule has 0 saturated carbocycles. The van der Waals surface area contributed by atoms with Gasteiger partial charge in [-0.1, -0.05) is 12.8 Å². The Morgan fingerprint density at radius 1 is 1.26 bits per heavy atom. The number of furan rings is 1. The van der Waals surface area contributed by atoms with E-state index in [4.69, 9.17) is 4.42 Å². The summed E-state index contributed by atoms with van der Waals surface area (Å²) in [5.74, 6) is 2.50. The van der Waals surface area contributed by atoms with Gasteiger partial charge in [0.2, 0.25) is 0 Å². The molecule has 0 aliphatic heterocycles. The van der Waals surface area contributed by atoms with E-state index in [0.29, 0.717) is 5.82 Å². The molecule has 0 spiro atoms. The van der Waals surface area contributed by atoms with Crippen molar-refractivity contribution in [3.8, 4) is 0 Å². The molecule has 23 heavy (non-hydrogen) atoms. The highest BCUT2D eigenvalue weighted by molar-refractivity contribution is 5.07. The number of nitro groups is 1. The van der Waals surface area contributed by atoms with Crippen LogP contribution in [-0.2, 0) is 13.0 Å². The summed E-state index contributed by atoms with van der Waals surface area (Å²) in [6.07, 6.45) is 6.21. The van der Waals surface area contributed by atoms with Crippen molar-refractivity contribution in [2.24, 2.45) is 0 Å². The fourth-order valence-electron chi connectivity index (χ4n) is 2.26. The Hall–Kier alpha value is -2.02. The van der Waals surface area contributed by atoms with Gasteiger partial charge in [-0.3, -0.25) is 10.1 Å². The number of hydrogen-bond donors (Lipinski definition) is 2. The first-order valence-electron chi connectivity index (χ1n) is 8.00. The molecule has 0 aliphatic rings. The first-order chi connectivity index (χ1) is 11.0. The summed E-state index contributed by atoms with van der Waals surface area (Å²) in [4.78, 5) is 12.0. The van der Waals surface area contributed by atoms with Crippen LogP contribution in [0.15, 0.2) is 28.6 Å². The van der Waals surface area contributed by atoms with Crippen molar-refractivity contribution in [2.75, 3.05) is 27.7 Å². The summed E-state index contributed by atoms with van der Waals surface area (Å²) in [5.41, 5.74) is 0. The zero-order valence-corrected chi connectivity index (χ0v) is 14.3. The summed E-state index contributed by atoms with van der Waals surface area (Å²) >= 11 is 0. The van der Waals surface area contributed by atoms with Crippen LogP contribution in [0.4, 0.5) is 0 Å². The van der Waals surface area contributed by atoms with Crippen molar-refractivity contribution >= 4 is 0 Å². The number of aryl methyl sites for hydroxylation is 1. The second-order valence-electron chi connectivity index (χ2n) is 5.77. The molecule has 7 nitrogen and oxygen atoms in total. The number of rotatable bonds is 12. The van der Waals surface area contributed by atoms with Crippen LogP contribution in [0.2, 0.25) is 0 Å². The highest BCUT2D eigenvalue weighted by Crippen LogP contribution is 2.13. The second-order valence-corrected chi connectivity index (χ2v) is 5.77. The monoisotopic (exact) mass is 324 g/mol. The third-order valence-corrected chi connectivity index (χ3v) is 3.36. The largest absolute Gasteiger partial charge is 0.465 e. The van der Waals surface area contributed by atoms with E-state index in [2.05, 4.69) is 21.6 Å². The summed E-state index contributed by atoms with van der Waals surface area (Å²) in [5, 5.41) is 16.2. The van der Waals surface area contributed by atoms with Gasteiger partial charge < -0.3 is 20.0 Å². The van der Waals surface area contributed by atoms with Crippen LogP contribution in [0, 0.1) is 10.1 Å². The van der Waals surface area contributed by atoms with Crippen molar-refractivity contribution < 1.29 is 9.34 Å². The molecular formula is C16H28N4O3. The van der Waals surface area contributed by atoms with Crippen LogP contribution >= 0.6 is 0 Å². The van der Waals surface area contributed by atoms with Crippen LogP contribution in [0.1, 0.15) is 37.2 Å². The topological polar surface area (TPSA) is 83.6 Å². The predicted octanol–water partition coefficient (Wildman–Crippen LogP) is 2.33. The standard InChI is InChI=1S/C16H28N4O3/c1-17-16(13-20(21)22)18-11-7-5-4-6-8-14-9-10-15(23-14)12-19(2)3/h9-10,13,17-18H,4-8,11-12H2,1-3H3/b16-13-. The molecule has 1 heterocycles. The Morgan fingerprint density at radius 3 is 2.61 bits per heavy atom. The molecule has 0 radical (unpaired) electrons. The third kappa shape index (κ3) is 8.87. The first kappa shape index (κ1) is 19.0. The van der Waals surface area contributed by atoms with Gasteiger partial charge in [0.25, 0.3) is 6.20 Å².